The molecule has 2 N–H and O–H groups in total. The normalized spacial score (nSPS) is 21.5. The second kappa shape index (κ2) is 2.50. The Morgan fingerprint density at radius 3 is 2.00 bits per heavy atom. The highest BCUT2D eigenvalue weighted by molar-refractivity contribution is 6.02. The summed E-state index contributed by atoms with van der Waals surface area (Å²) in [6.07, 6.45) is 0.538. The summed E-state index contributed by atoms with van der Waals surface area (Å²) in [7, 11) is 0. The quantitative estimate of drug-likeness (QED) is 0.542. The third-order valence-corrected chi connectivity index (χ3v) is 1.71. The second-order valence-electron chi connectivity index (χ2n) is 2.39. The molecule has 0 saturated carbocycles. The molecule has 0 aromatic rings. The molecule has 5 nitrogen and oxygen atoms in total. The van der Waals surface area contributed by atoms with Crippen molar-refractivity contribution in [3.63, 3.8) is 0 Å². The Morgan fingerprint density at radius 1 is 1.27 bits per heavy atom. The van der Waals surface area contributed by atoms with E-state index in [4.69, 9.17) is 10.2 Å². The van der Waals surface area contributed by atoms with Gasteiger partial charge in [-0.15, -0.1) is 0 Å². The van der Waals surface area contributed by atoms with Crippen LogP contribution in [0.5, 0.6) is 0 Å². The van der Waals surface area contributed by atoms with Gasteiger partial charge in [-0.1, -0.05) is 0 Å². The van der Waals surface area contributed by atoms with Gasteiger partial charge in [0.2, 0.25) is 0 Å². The first-order valence-electron chi connectivity index (χ1n) is 3.20. The van der Waals surface area contributed by atoms with Gasteiger partial charge in [-0.05, 0) is 6.42 Å². The number of aliphatic carboxylic acids is 2. The first kappa shape index (κ1) is 8.00. The molecule has 62 valence electrons. The summed E-state index contributed by atoms with van der Waals surface area (Å²) >= 11 is 0. The van der Waals surface area contributed by atoms with Crippen LogP contribution in [-0.2, 0) is 14.3 Å². The smallest absolute Gasteiger partial charge is 0.347 e. The van der Waals surface area contributed by atoms with E-state index in [0.717, 1.165) is 0 Å². The maximum atomic E-state index is 10.5. The number of hydrogen-bond acceptors (Lipinski definition) is 3. The molecule has 0 bridgehead atoms. The summed E-state index contributed by atoms with van der Waals surface area (Å²) in [5.74, 6) is -2.83. The fourth-order valence-corrected chi connectivity index (χ4v) is 1.07. The van der Waals surface area contributed by atoms with Crippen molar-refractivity contribution in [1.82, 2.24) is 0 Å². The van der Waals surface area contributed by atoms with Crippen LogP contribution in [0.3, 0.4) is 0 Å². The SMILES string of the molecule is O=C(O)C1(C(=O)O)CCCO1. The van der Waals surface area contributed by atoms with Gasteiger partial charge in [-0.3, -0.25) is 0 Å². The van der Waals surface area contributed by atoms with Gasteiger partial charge >= 0.3 is 11.9 Å². The highest BCUT2D eigenvalue weighted by atomic mass is 16.6. The lowest BCUT2D eigenvalue weighted by molar-refractivity contribution is -0.177. The molecule has 0 aliphatic carbocycles. The van der Waals surface area contributed by atoms with Crippen LogP contribution in [0.1, 0.15) is 12.8 Å². The van der Waals surface area contributed by atoms with Gasteiger partial charge in [0.1, 0.15) is 0 Å². The van der Waals surface area contributed by atoms with Gasteiger partial charge in [-0.25, -0.2) is 9.59 Å². The minimum atomic E-state index is -1.97. The maximum absolute atomic E-state index is 10.5. The van der Waals surface area contributed by atoms with Crippen LogP contribution < -0.4 is 0 Å². The van der Waals surface area contributed by atoms with Gasteiger partial charge in [0.05, 0.1) is 0 Å². The van der Waals surface area contributed by atoms with E-state index in [1.54, 1.807) is 0 Å². The zero-order valence-electron chi connectivity index (χ0n) is 5.74. The summed E-state index contributed by atoms with van der Waals surface area (Å²) in [5, 5.41) is 17.1. The van der Waals surface area contributed by atoms with Crippen molar-refractivity contribution in [3.05, 3.63) is 0 Å². The molecule has 1 aliphatic heterocycles. The zero-order chi connectivity index (χ0) is 8.48. The molecule has 0 spiro atoms. The molecular formula is C6H8O5. The number of hydrogen-bond donors (Lipinski definition) is 2. The van der Waals surface area contributed by atoms with E-state index in [0.29, 0.717) is 6.42 Å². The van der Waals surface area contributed by atoms with E-state index >= 15 is 0 Å². The third-order valence-electron chi connectivity index (χ3n) is 1.71. The van der Waals surface area contributed by atoms with Crippen LogP contribution in [0.2, 0.25) is 0 Å². The molecule has 0 atom stereocenters. The molecule has 1 heterocycles. The molecule has 0 radical (unpaired) electrons. The second-order valence-corrected chi connectivity index (χ2v) is 2.39. The summed E-state index contributed by atoms with van der Waals surface area (Å²) in [4.78, 5) is 20.9. The summed E-state index contributed by atoms with van der Waals surface area (Å²) in [5.41, 5.74) is -1.97. The van der Waals surface area contributed by atoms with E-state index < -0.39 is 17.5 Å². The fraction of sp³-hybridized carbons (Fsp3) is 0.667. The van der Waals surface area contributed by atoms with Crippen molar-refractivity contribution in [2.45, 2.75) is 18.4 Å². The number of carboxylic acids is 2. The molecule has 0 unspecified atom stereocenters. The van der Waals surface area contributed by atoms with Crippen LogP contribution >= 0.6 is 0 Å². The zero-order valence-corrected chi connectivity index (χ0v) is 5.74. The van der Waals surface area contributed by atoms with Gasteiger partial charge in [0.25, 0.3) is 5.60 Å². The average Bonchev–Trinajstić information content (AvgIpc) is 2.34. The predicted octanol–water partition coefficient (Wildman–Crippen LogP) is -0.295. The molecule has 1 aliphatic rings. The summed E-state index contributed by atoms with van der Waals surface area (Å²) in [6.45, 7) is 0.207. The topological polar surface area (TPSA) is 83.8 Å². The Balaban J connectivity index is 2.87. The van der Waals surface area contributed by atoms with Crippen molar-refractivity contribution in [2.24, 2.45) is 0 Å². The average molecular weight is 160 g/mol. The Kier molecular flexibility index (Phi) is 1.82. The molecule has 5 heteroatoms. The standard InChI is InChI=1S/C6H8O5/c7-4(8)6(5(9)10)2-1-3-11-6/h1-3H2,(H,7,8)(H,9,10). The molecule has 0 amide bonds. The molecular weight excluding hydrogens is 152 g/mol. The molecule has 1 fully saturated rings. The minimum Gasteiger partial charge on any atom is -0.479 e. The number of ether oxygens (including phenoxy) is 1. The number of carbonyl (C=O) groups is 2. The lowest BCUT2D eigenvalue weighted by Crippen LogP contribution is -2.45. The first-order valence-corrected chi connectivity index (χ1v) is 3.20. The highest BCUT2D eigenvalue weighted by Crippen LogP contribution is 2.25. The van der Waals surface area contributed by atoms with E-state index in [-0.39, 0.29) is 13.0 Å². The summed E-state index contributed by atoms with van der Waals surface area (Å²) < 4.78 is 4.66. The highest BCUT2D eigenvalue weighted by Gasteiger charge is 2.50. The number of rotatable bonds is 2. The van der Waals surface area contributed by atoms with Crippen LogP contribution in [0.25, 0.3) is 0 Å². The maximum Gasteiger partial charge on any atom is 0.347 e. The minimum absolute atomic E-state index is 0.0532. The third kappa shape index (κ3) is 1.07. The number of carboxylic acid groups (broad SMARTS) is 2. The fourth-order valence-electron chi connectivity index (χ4n) is 1.07. The Hall–Kier alpha value is -1.10. The lowest BCUT2D eigenvalue weighted by atomic mass is 10.0. The molecule has 1 rings (SSSR count). The molecule has 11 heavy (non-hydrogen) atoms. The van der Waals surface area contributed by atoms with Crippen LogP contribution in [0, 0.1) is 0 Å². The van der Waals surface area contributed by atoms with Crippen molar-refractivity contribution >= 4 is 11.9 Å². The van der Waals surface area contributed by atoms with Crippen LogP contribution in [0.4, 0.5) is 0 Å². The van der Waals surface area contributed by atoms with Gasteiger partial charge < -0.3 is 14.9 Å². The largest absolute Gasteiger partial charge is 0.479 e. The van der Waals surface area contributed by atoms with Crippen molar-refractivity contribution < 1.29 is 24.5 Å². The Labute approximate surface area is 62.6 Å². The van der Waals surface area contributed by atoms with Crippen LogP contribution in [0.15, 0.2) is 0 Å². The summed E-state index contributed by atoms with van der Waals surface area (Å²) in [6, 6.07) is 0. The molecule has 1 saturated heterocycles. The Bertz CT molecular complexity index is 175. The molecule has 0 aromatic heterocycles. The van der Waals surface area contributed by atoms with E-state index in [2.05, 4.69) is 4.74 Å². The lowest BCUT2D eigenvalue weighted by Gasteiger charge is -2.16. The first-order chi connectivity index (χ1) is 5.09. The predicted molar refractivity (Wildman–Crippen MR) is 33.2 cm³/mol. The van der Waals surface area contributed by atoms with E-state index in [1.807, 2.05) is 0 Å². The van der Waals surface area contributed by atoms with Crippen molar-refractivity contribution in [3.8, 4) is 0 Å². The van der Waals surface area contributed by atoms with Gasteiger partial charge in [-0.2, -0.15) is 0 Å². The van der Waals surface area contributed by atoms with Crippen molar-refractivity contribution in [1.29, 1.82) is 0 Å². The monoisotopic (exact) mass is 160 g/mol. The van der Waals surface area contributed by atoms with Crippen LogP contribution in [-0.4, -0.2) is 34.4 Å². The Morgan fingerprint density at radius 2 is 1.82 bits per heavy atom. The van der Waals surface area contributed by atoms with Gasteiger partial charge in [0, 0.05) is 13.0 Å². The van der Waals surface area contributed by atoms with E-state index in [1.165, 1.54) is 0 Å². The van der Waals surface area contributed by atoms with Crippen molar-refractivity contribution in [2.75, 3.05) is 6.61 Å². The molecule has 0 aromatic carbocycles. The van der Waals surface area contributed by atoms with Gasteiger partial charge in [0.15, 0.2) is 0 Å². The van der Waals surface area contributed by atoms with E-state index in [9.17, 15) is 9.59 Å².